The quantitative estimate of drug-likeness (QED) is 0.0160. The summed E-state index contributed by atoms with van der Waals surface area (Å²) < 4.78 is 73.8. The first-order valence-corrected chi connectivity index (χ1v) is 35.4. The maximum atomic E-state index is 15.8. The second-order valence-electron chi connectivity index (χ2n) is 30.1. The zero-order chi connectivity index (χ0) is 72.7. The summed E-state index contributed by atoms with van der Waals surface area (Å²) in [5, 5.41) is 3.22. The van der Waals surface area contributed by atoms with Crippen LogP contribution in [0.25, 0.3) is 43.1 Å². The molecule has 0 unspecified atom stereocenters. The molecule has 0 aromatic heterocycles. The van der Waals surface area contributed by atoms with E-state index in [0.29, 0.717) is 158 Å². The Balaban J connectivity index is 1.15. The Kier molecular flexibility index (Phi) is 23.4. The fraction of sp³-hybridized carbons (Fsp3) is 0.429. The minimum atomic E-state index is -0.544. The molecule has 2 aliphatic heterocycles. The summed E-state index contributed by atoms with van der Waals surface area (Å²) in [6, 6.07) is 38.2. The molecule has 540 valence electrons. The van der Waals surface area contributed by atoms with E-state index in [1.54, 1.807) is 38.5 Å². The highest BCUT2D eigenvalue weighted by molar-refractivity contribution is 6.44. The van der Waals surface area contributed by atoms with Crippen LogP contribution in [0.1, 0.15) is 160 Å². The highest BCUT2D eigenvalue weighted by Gasteiger charge is 2.42. The molecule has 0 saturated carbocycles. The summed E-state index contributed by atoms with van der Waals surface area (Å²) in [5.41, 5.74) is 4.25. The number of imide groups is 2. The van der Waals surface area contributed by atoms with Gasteiger partial charge in [-0.15, -0.1) is 0 Å². The molecule has 0 atom stereocenters. The summed E-state index contributed by atoms with van der Waals surface area (Å²) >= 11 is 0. The molecule has 11 rings (SSSR count). The number of rotatable bonds is 34. The van der Waals surface area contributed by atoms with Crippen molar-refractivity contribution in [3.05, 3.63) is 166 Å². The van der Waals surface area contributed by atoms with Crippen LogP contribution in [0, 0.1) is 0 Å². The highest BCUT2D eigenvalue weighted by Crippen LogP contribution is 2.58. The Morgan fingerprint density at radius 1 is 0.265 bits per heavy atom. The maximum absolute atomic E-state index is 15.8. The van der Waals surface area contributed by atoms with Gasteiger partial charge in [-0.1, -0.05) is 132 Å². The molecule has 18 nitrogen and oxygen atoms in total. The monoisotopic (exact) mass is 1390 g/mol. The fourth-order valence-electron chi connectivity index (χ4n) is 13.0. The minimum absolute atomic E-state index is 0.0183. The fourth-order valence-corrected chi connectivity index (χ4v) is 13.0. The van der Waals surface area contributed by atoms with E-state index in [-0.39, 0.29) is 93.2 Å². The molecule has 2 heterocycles. The molecule has 102 heavy (non-hydrogen) atoms. The average molecular weight is 1390 g/mol. The summed E-state index contributed by atoms with van der Waals surface area (Å²) in [6.45, 7) is 31.0. The molecular weight excluding hydrogens is 1290 g/mol. The van der Waals surface area contributed by atoms with Crippen molar-refractivity contribution < 1.29 is 76.0 Å². The van der Waals surface area contributed by atoms with E-state index >= 15 is 19.2 Å². The lowest BCUT2D eigenvalue weighted by molar-refractivity contribution is 0.00278. The smallest absolute Gasteiger partial charge is 0.261 e. The second-order valence-corrected chi connectivity index (χ2v) is 30.1. The number of nitrogens with zero attached hydrogens (tertiary/aromatic N) is 2. The van der Waals surface area contributed by atoms with Gasteiger partial charge in [0, 0.05) is 83.6 Å². The summed E-state index contributed by atoms with van der Waals surface area (Å²) in [6.07, 6.45) is 0.637. The zero-order valence-electron chi connectivity index (χ0n) is 61.7. The molecule has 0 radical (unpaired) electrons. The normalized spacial score (nSPS) is 13.7. The lowest BCUT2D eigenvalue weighted by atomic mass is 9.80. The number of ether oxygens (including phenoxy) is 12. The predicted octanol–water partition coefficient (Wildman–Crippen LogP) is 17.5. The number of benzene rings is 9. The van der Waals surface area contributed by atoms with Crippen LogP contribution in [-0.2, 0) is 59.6 Å². The lowest BCUT2D eigenvalue weighted by Gasteiger charge is -2.32. The molecule has 18 heteroatoms. The van der Waals surface area contributed by atoms with Crippen LogP contribution in [-0.4, -0.2) is 153 Å². The van der Waals surface area contributed by atoms with Gasteiger partial charge in [-0.25, -0.2) is 0 Å². The van der Waals surface area contributed by atoms with Crippen LogP contribution in [0.15, 0.2) is 121 Å². The van der Waals surface area contributed by atoms with Crippen LogP contribution in [0.2, 0.25) is 0 Å². The Hall–Kier alpha value is -8.56. The van der Waals surface area contributed by atoms with Gasteiger partial charge in [-0.05, 0) is 130 Å². The van der Waals surface area contributed by atoms with E-state index in [4.69, 9.17) is 56.8 Å². The second kappa shape index (κ2) is 32.0. The third-order valence-electron chi connectivity index (χ3n) is 18.6. The Morgan fingerprint density at radius 2 is 0.471 bits per heavy atom. The molecule has 0 fully saturated rings. The van der Waals surface area contributed by atoms with Crippen molar-refractivity contribution in [2.45, 2.75) is 118 Å². The standard InChI is InChI=1S/C84H98N2O16/c1-81(2,3)53-17-25-57(26-18-53)99-65-49-61-69-62(78(88)85(77(61)87)33-15-35-93-41-43-97-47-45-95-39-37-91-13)51-67(101-59-29-21-55(22-30-59)83(7,8)9)73-74-68(102-60-31-23-56(24-32-60)84(10,11)12)52-64-70-63(79(89)86(80(64)90)34-16-36-94-42-44-98-48-46-96-40-38-92-14)50-66(72(76(70)74)71(65)75(69)73)100-58-27-19-54(20-28-58)82(4,5)6/h17-32,49-52H,15-16,33-48H2,1-14H3. The summed E-state index contributed by atoms with van der Waals surface area (Å²) in [4.78, 5) is 65.7. The topological polar surface area (TPSA) is 186 Å². The first-order valence-electron chi connectivity index (χ1n) is 35.4. The first-order chi connectivity index (χ1) is 48.8. The first kappa shape index (κ1) is 74.6. The van der Waals surface area contributed by atoms with E-state index in [2.05, 4.69) is 83.1 Å². The van der Waals surface area contributed by atoms with Crippen molar-refractivity contribution in [3.63, 3.8) is 0 Å². The Labute approximate surface area is 598 Å². The van der Waals surface area contributed by atoms with Gasteiger partial charge in [0.05, 0.1) is 102 Å². The van der Waals surface area contributed by atoms with Crippen molar-refractivity contribution in [2.75, 3.05) is 120 Å². The van der Waals surface area contributed by atoms with Crippen molar-refractivity contribution in [3.8, 4) is 46.0 Å². The third kappa shape index (κ3) is 16.7. The average Bonchev–Trinajstić information content (AvgIpc) is 0.673. The molecule has 9 aromatic carbocycles. The van der Waals surface area contributed by atoms with E-state index in [0.717, 1.165) is 22.3 Å². The van der Waals surface area contributed by atoms with Crippen molar-refractivity contribution in [1.29, 1.82) is 0 Å². The SMILES string of the molecule is COCCOCCOCCOCCCN1C(=O)c2cc(Oc3ccc(C(C)(C)C)cc3)c3c4c(Oc5ccc(C(C)(C)C)cc5)cc5c6c(cc(Oc7ccc(C(C)(C)C)cc7)c(c7c(Oc8ccc(C(C)(C)C)cc8)cc(c2c37)C1=O)c64)C(=O)N(CCCOCCOCCOCCOC)C5=O. The van der Waals surface area contributed by atoms with E-state index < -0.39 is 23.6 Å². The molecule has 9 aromatic rings. The molecule has 0 saturated heterocycles. The van der Waals surface area contributed by atoms with Gasteiger partial charge >= 0.3 is 0 Å². The highest BCUT2D eigenvalue weighted by atomic mass is 16.6. The van der Waals surface area contributed by atoms with Crippen molar-refractivity contribution in [1.82, 2.24) is 9.80 Å². The van der Waals surface area contributed by atoms with Crippen LogP contribution < -0.4 is 18.9 Å². The largest absolute Gasteiger partial charge is 0.457 e. The van der Waals surface area contributed by atoms with Gasteiger partial charge in [-0.3, -0.25) is 29.0 Å². The molecule has 0 aliphatic carbocycles. The van der Waals surface area contributed by atoms with Gasteiger partial charge < -0.3 is 56.8 Å². The molecule has 0 spiro atoms. The van der Waals surface area contributed by atoms with Crippen LogP contribution in [0.3, 0.4) is 0 Å². The minimum Gasteiger partial charge on any atom is -0.457 e. The molecule has 0 bridgehead atoms. The van der Waals surface area contributed by atoms with Crippen molar-refractivity contribution >= 4 is 66.7 Å². The van der Waals surface area contributed by atoms with Gasteiger partial charge in [0.2, 0.25) is 0 Å². The molecule has 4 amide bonds. The Morgan fingerprint density at radius 3 is 0.676 bits per heavy atom. The molecule has 0 N–H and O–H groups in total. The van der Waals surface area contributed by atoms with Crippen LogP contribution in [0.4, 0.5) is 0 Å². The maximum Gasteiger partial charge on any atom is 0.261 e. The number of hydrogen-bond donors (Lipinski definition) is 0. The third-order valence-corrected chi connectivity index (χ3v) is 18.6. The van der Waals surface area contributed by atoms with Gasteiger partial charge in [-0.2, -0.15) is 0 Å². The Bertz CT molecular complexity index is 3910. The zero-order valence-corrected chi connectivity index (χ0v) is 61.7. The van der Waals surface area contributed by atoms with Crippen LogP contribution >= 0.6 is 0 Å². The summed E-state index contributed by atoms with van der Waals surface area (Å²) in [7, 11) is 3.25. The number of hydrogen-bond acceptors (Lipinski definition) is 16. The lowest BCUT2D eigenvalue weighted by Crippen LogP contribution is -2.41. The number of amides is 4. The van der Waals surface area contributed by atoms with E-state index in [1.807, 2.05) is 97.1 Å². The molecular formula is C84H98N2O16. The van der Waals surface area contributed by atoms with Crippen LogP contribution in [0.5, 0.6) is 46.0 Å². The number of carbonyl (C=O) groups is 4. The van der Waals surface area contributed by atoms with E-state index in [1.165, 1.54) is 9.80 Å². The van der Waals surface area contributed by atoms with Crippen molar-refractivity contribution in [2.24, 2.45) is 0 Å². The van der Waals surface area contributed by atoms with Gasteiger partial charge in [0.1, 0.15) is 46.0 Å². The van der Waals surface area contributed by atoms with Gasteiger partial charge in [0.25, 0.3) is 23.6 Å². The number of methoxy groups -OCH3 is 2. The number of carbonyl (C=O) groups excluding carboxylic acids is 4. The van der Waals surface area contributed by atoms with E-state index in [9.17, 15) is 0 Å². The molecule has 2 aliphatic rings. The number of fused-ring (bicyclic) bond motifs is 2. The van der Waals surface area contributed by atoms with Gasteiger partial charge in [0.15, 0.2) is 0 Å². The predicted molar refractivity (Wildman–Crippen MR) is 397 cm³/mol. The summed E-state index contributed by atoms with van der Waals surface area (Å²) in [5.74, 6) is 0.538.